The Labute approximate surface area is 178 Å². The number of carbonyl (C=O) groups excluding carboxylic acids is 1. The van der Waals surface area contributed by atoms with Crippen LogP contribution >= 0.6 is 0 Å². The van der Waals surface area contributed by atoms with Crippen molar-refractivity contribution in [1.82, 2.24) is 9.55 Å². The fourth-order valence-electron chi connectivity index (χ4n) is 4.43. The minimum atomic E-state index is -2.60. The van der Waals surface area contributed by atoms with Crippen LogP contribution < -0.4 is 11.0 Å². The van der Waals surface area contributed by atoms with Gasteiger partial charge in [0.05, 0.1) is 6.10 Å². The average Bonchev–Trinajstić information content (AvgIpc) is 2.80. The van der Waals surface area contributed by atoms with E-state index in [9.17, 15) is 9.59 Å². The van der Waals surface area contributed by atoms with E-state index in [-0.39, 0.29) is 34.0 Å². The average molecular weight is 436 g/mol. The fraction of sp³-hybridized carbons (Fsp3) is 0.667. The van der Waals surface area contributed by atoms with Crippen LogP contribution in [0.15, 0.2) is 29.2 Å². The molecule has 1 saturated heterocycles. The molecule has 0 bridgehead atoms. The zero-order valence-electron chi connectivity index (χ0n) is 18.9. The molecule has 2 aliphatic rings. The number of hydrogen-bond acceptors (Lipinski definition) is 6. The first-order chi connectivity index (χ1) is 13.8. The molecule has 0 aliphatic carbocycles. The maximum atomic E-state index is 12.5. The summed E-state index contributed by atoms with van der Waals surface area (Å²) in [5.41, 5.74) is -0.483. The molecule has 1 aromatic heterocycles. The molecule has 1 aromatic rings. The van der Waals surface area contributed by atoms with Crippen LogP contribution in [0, 0.1) is 0 Å². The van der Waals surface area contributed by atoms with Crippen molar-refractivity contribution in [2.45, 2.75) is 83.4 Å². The molecule has 3 rings (SSSR count). The van der Waals surface area contributed by atoms with Gasteiger partial charge in [-0.3, -0.25) is 9.36 Å². The number of aromatic nitrogens is 2. The predicted octanol–water partition coefficient (Wildman–Crippen LogP) is 3.50. The van der Waals surface area contributed by atoms with Gasteiger partial charge < -0.3 is 18.9 Å². The van der Waals surface area contributed by atoms with Crippen molar-refractivity contribution in [3.05, 3.63) is 34.9 Å². The van der Waals surface area contributed by atoms with Crippen molar-refractivity contribution in [3.8, 4) is 0 Å². The number of nitrogens with one attached hydrogen (secondary N) is 1. The summed E-state index contributed by atoms with van der Waals surface area (Å²) in [4.78, 5) is 27.6. The van der Waals surface area contributed by atoms with Crippen LogP contribution in [-0.4, -0.2) is 42.8 Å². The third-order valence-corrected chi connectivity index (χ3v) is 10.7. The van der Waals surface area contributed by atoms with Crippen molar-refractivity contribution >= 4 is 20.3 Å². The van der Waals surface area contributed by atoms with Gasteiger partial charge in [0.2, 0.25) is 5.91 Å². The maximum Gasteiger partial charge on any atom is 0.351 e. The molecular formula is C21H33N3O5Si-. The van der Waals surface area contributed by atoms with Crippen LogP contribution in [0.25, 0.3) is 0 Å². The Hall–Kier alpha value is -1.81. The number of fused-ring (bicyclic) bond motifs is 1. The molecule has 0 unspecified atom stereocenters. The van der Waals surface area contributed by atoms with Gasteiger partial charge in [-0.25, -0.2) is 4.79 Å². The van der Waals surface area contributed by atoms with Gasteiger partial charge >= 0.3 is 5.69 Å². The van der Waals surface area contributed by atoms with E-state index in [1.807, 2.05) is 12.2 Å². The van der Waals surface area contributed by atoms with Crippen molar-refractivity contribution in [2.24, 2.45) is 0 Å². The predicted molar refractivity (Wildman–Crippen MR) is 116 cm³/mol. The lowest BCUT2D eigenvalue weighted by molar-refractivity contribution is -0.134. The molecule has 2 aliphatic heterocycles. The zero-order chi connectivity index (χ0) is 22.3. The van der Waals surface area contributed by atoms with Crippen LogP contribution in [0.1, 0.15) is 61.1 Å². The molecule has 1 amide bonds. The topological polar surface area (TPSA) is 91.7 Å². The molecule has 3 heterocycles. The number of hydrogen-bond donors (Lipinski definition) is 1. The van der Waals surface area contributed by atoms with Gasteiger partial charge in [-0.15, -0.1) is 0 Å². The zero-order valence-corrected chi connectivity index (χ0v) is 19.9. The highest BCUT2D eigenvalue weighted by Gasteiger charge is 2.50. The number of ether oxygens (including phenoxy) is 1. The second-order valence-corrected chi connectivity index (χ2v) is 14.7. The van der Waals surface area contributed by atoms with Crippen LogP contribution in [0.5, 0.6) is 0 Å². The second kappa shape index (κ2) is 8.03. The van der Waals surface area contributed by atoms with E-state index in [1.165, 1.54) is 11.5 Å². The third kappa shape index (κ3) is 4.30. The minimum absolute atomic E-state index is 0.115. The van der Waals surface area contributed by atoms with E-state index in [0.717, 1.165) is 0 Å². The summed E-state index contributed by atoms with van der Waals surface area (Å²) in [6, 6.07) is 1.59. The second-order valence-electron chi connectivity index (χ2n) is 9.99. The summed E-state index contributed by atoms with van der Waals surface area (Å²) in [6.45, 7) is 14.8. The lowest BCUT2D eigenvalue weighted by Crippen LogP contribution is -2.64. The first-order valence-corrected chi connectivity index (χ1v) is 12.2. The van der Waals surface area contributed by atoms with Gasteiger partial charge in [-0.05, 0) is 6.07 Å². The fourth-order valence-corrected chi connectivity index (χ4v) is 9.34. The van der Waals surface area contributed by atoms with Gasteiger partial charge in [0.1, 0.15) is 26.7 Å². The number of anilines is 1. The minimum Gasteiger partial charge on any atom is -0.542 e. The SMILES string of the molecule is CC(=O)Nc1ccn([C@@H]2CC=C[C@@H]3O[Si-](C(C)(C)C)(C(C)(C)C)OC[C@H]3O2)c(=O)n1. The molecule has 1 N–H and O–H groups in total. The van der Waals surface area contributed by atoms with E-state index in [0.29, 0.717) is 13.0 Å². The quantitative estimate of drug-likeness (QED) is 0.565. The highest BCUT2D eigenvalue weighted by Crippen LogP contribution is 2.54. The van der Waals surface area contributed by atoms with E-state index >= 15 is 0 Å². The summed E-state index contributed by atoms with van der Waals surface area (Å²) in [5, 5.41) is 2.29. The molecule has 0 aromatic carbocycles. The van der Waals surface area contributed by atoms with Crippen molar-refractivity contribution in [1.29, 1.82) is 0 Å². The molecule has 0 saturated carbocycles. The van der Waals surface area contributed by atoms with Gasteiger partial charge in [-0.1, -0.05) is 63.8 Å². The highest BCUT2D eigenvalue weighted by atomic mass is 28.4. The Morgan fingerprint density at radius 3 is 2.47 bits per heavy atom. The van der Waals surface area contributed by atoms with E-state index in [1.54, 1.807) is 12.3 Å². The van der Waals surface area contributed by atoms with Gasteiger partial charge in [0.15, 0.2) is 0 Å². The normalized spacial score (nSPS) is 26.6. The summed E-state index contributed by atoms with van der Waals surface area (Å²) in [7, 11) is -2.60. The molecule has 8 nitrogen and oxygen atoms in total. The van der Waals surface area contributed by atoms with Crippen LogP contribution in [0.3, 0.4) is 0 Å². The summed E-state index contributed by atoms with van der Waals surface area (Å²) >= 11 is 0. The molecule has 0 radical (unpaired) electrons. The lowest BCUT2D eigenvalue weighted by Gasteiger charge is -2.65. The molecule has 3 atom stereocenters. The summed E-state index contributed by atoms with van der Waals surface area (Å²) in [5.74, 6) is -0.0562. The monoisotopic (exact) mass is 435 g/mol. The van der Waals surface area contributed by atoms with Crippen LogP contribution in [-0.2, 0) is 18.4 Å². The van der Waals surface area contributed by atoms with Crippen LogP contribution in [0.2, 0.25) is 10.1 Å². The van der Waals surface area contributed by atoms with Gasteiger partial charge in [0, 0.05) is 26.1 Å². The number of carbonyl (C=O) groups is 1. The van der Waals surface area contributed by atoms with Crippen LogP contribution in [0.4, 0.5) is 5.82 Å². The maximum absolute atomic E-state index is 12.5. The van der Waals surface area contributed by atoms with E-state index in [2.05, 4.69) is 51.8 Å². The lowest BCUT2D eigenvalue weighted by atomic mass is 10.2. The number of amides is 1. The van der Waals surface area contributed by atoms with E-state index in [4.69, 9.17) is 13.6 Å². The summed E-state index contributed by atoms with van der Waals surface area (Å²) in [6.07, 6.45) is 5.07. The standard InChI is InChI=1S/C21H33N3O5Si/c1-14(25)22-17-11-12-24(19(26)23-17)18-10-8-9-15-16(28-18)13-27-30(29-15,20(2,3)4)21(5,6)7/h8-9,11-12,15-16,18H,10,13H2,1-7H3,(H,22,23,25,26)/q-1/t15-,16+,18-/m0/s1. The first kappa shape index (κ1) is 22.9. The largest absolute Gasteiger partial charge is 0.542 e. The molecule has 167 valence electrons. The molecule has 30 heavy (non-hydrogen) atoms. The number of rotatable bonds is 2. The Morgan fingerprint density at radius 1 is 1.23 bits per heavy atom. The van der Waals surface area contributed by atoms with Crippen molar-refractivity contribution < 1.29 is 18.4 Å². The first-order valence-electron chi connectivity index (χ1n) is 10.3. The Balaban J connectivity index is 1.83. The smallest absolute Gasteiger partial charge is 0.351 e. The van der Waals surface area contributed by atoms with Gasteiger partial charge in [0.25, 0.3) is 0 Å². The highest BCUT2D eigenvalue weighted by molar-refractivity contribution is 6.73. The molecular weight excluding hydrogens is 402 g/mol. The Kier molecular flexibility index (Phi) is 6.12. The third-order valence-electron chi connectivity index (χ3n) is 5.53. The molecule has 1 fully saturated rings. The van der Waals surface area contributed by atoms with E-state index < -0.39 is 20.5 Å². The van der Waals surface area contributed by atoms with Gasteiger partial charge in [-0.2, -0.15) is 4.98 Å². The number of nitrogens with zero attached hydrogens (tertiary/aromatic N) is 2. The van der Waals surface area contributed by atoms with Crippen molar-refractivity contribution in [3.63, 3.8) is 0 Å². The molecule has 0 spiro atoms. The summed E-state index contributed by atoms with van der Waals surface area (Å²) < 4.78 is 20.9. The molecule has 9 heteroatoms. The Morgan fingerprint density at radius 2 is 1.90 bits per heavy atom. The Bertz CT molecular complexity index is 870. The van der Waals surface area contributed by atoms with Crippen molar-refractivity contribution in [2.75, 3.05) is 11.9 Å².